The van der Waals surface area contributed by atoms with E-state index < -0.39 is 61.2 Å². The topological polar surface area (TPSA) is 288 Å². The van der Waals surface area contributed by atoms with Crippen LogP contribution in [0.4, 0.5) is 5.82 Å². The van der Waals surface area contributed by atoms with Crippen LogP contribution in [0.15, 0.2) is 24.3 Å². The molecule has 3 heterocycles. The molecular weight excluding hydrogens is 567 g/mol. The van der Waals surface area contributed by atoms with Crippen LogP contribution in [0.25, 0.3) is 11.2 Å². The molecule has 2 aromatic heterocycles. The largest absolute Gasteiger partial charge is 0.490 e. The number of hydrogen-bond donors (Lipinski definition) is 7. The van der Waals surface area contributed by atoms with Gasteiger partial charge in [-0.3, -0.25) is 13.6 Å². The van der Waals surface area contributed by atoms with Gasteiger partial charge in [0, 0.05) is 0 Å². The predicted molar refractivity (Wildman–Crippen MR) is 120 cm³/mol. The maximum absolute atomic E-state index is 12.1. The summed E-state index contributed by atoms with van der Waals surface area (Å²) in [7, 11) is -16.4. The summed E-state index contributed by atoms with van der Waals surface area (Å²) in [4.78, 5) is 40.6. The second-order valence-electron chi connectivity index (χ2n) is 7.50. The summed E-state index contributed by atoms with van der Waals surface area (Å²) >= 11 is 0. The molecule has 1 fully saturated rings. The van der Waals surface area contributed by atoms with Gasteiger partial charge >= 0.3 is 23.5 Å². The van der Waals surface area contributed by atoms with Gasteiger partial charge in [0.1, 0.15) is 30.2 Å². The van der Waals surface area contributed by atoms with Crippen molar-refractivity contribution in [2.24, 2.45) is 0 Å². The number of hydrogen-bond acceptors (Lipinski definition) is 15. The molecule has 1 aliphatic heterocycles. The number of aliphatic hydroxyl groups is 3. The second-order valence-corrected chi connectivity index (χ2v) is 12.1. The fourth-order valence-electron chi connectivity index (χ4n) is 2.98. The van der Waals surface area contributed by atoms with Crippen molar-refractivity contribution >= 4 is 40.4 Å². The number of phosphoric ester groups is 2. The summed E-state index contributed by atoms with van der Waals surface area (Å²) in [6, 6.07) is 0. The minimum absolute atomic E-state index is 0.0419. The summed E-state index contributed by atoms with van der Waals surface area (Å²) in [5, 5.41) is 29.5. The zero-order chi connectivity index (χ0) is 27.6. The van der Waals surface area contributed by atoms with Gasteiger partial charge in [0.25, 0.3) is 0 Å². The number of nitrogens with two attached hydrogens (primary N) is 1. The summed E-state index contributed by atoms with van der Waals surface area (Å²) < 4.78 is 59.4. The number of fused-ring (bicyclic) bond motifs is 1. The van der Waals surface area contributed by atoms with Gasteiger partial charge in [0.15, 0.2) is 17.7 Å². The third-order valence-corrected chi connectivity index (χ3v) is 8.98. The fraction of sp³-hybridized carbons (Fsp3) is 0.533. The van der Waals surface area contributed by atoms with Gasteiger partial charge in [0.2, 0.25) is 0 Å². The van der Waals surface area contributed by atoms with E-state index in [1.165, 1.54) is 23.9 Å². The number of aliphatic hydroxyl groups excluding tert-OH is 3. The molecule has 8 N–H and O–H groups in total. The molecule has 2 aromatic rings. The van der Waals surface area contributed by atoms with E-state index in [0.717, 1.165) is 6.33 Å². The van der Waals surface area contributed by atoms with Crippen molar-refractivity contribution in [3.63, 3.8) is 0 Å². The molecular formula is C15H24N5O14P3. The van der Waals surface area contributed by atoms with Crippen LogP contribution in [0.1, 0.15) is 13.2 Å². The average Bonchev–Trinajstić information content (AvgIpc) is 3.32. The lowest BCUT2D eigenvalue weighted by atomic mass is 10.1. The highest BCUT2D eigenvalue weighted by Gasteiger charge is 2.47. The molecule has 37 heavy (non-hydrogen) atoms. The first kappa shape index (κ1) is 29.9. The summed E-state index contributed by atoms with van der Waals surface area (Å²) in [6.07, 6.45) is -2.54. The molecule has 1 saturated heterocycles. The molecule has 3 unspecified atom stereocenters. The molecule has 7 atom stereocenters. The smallest absolute Gasteiger partial charge is 0.392 e. The maximum atomic E-state index is 12.1. The van der Waals surface area contributed by atoms with Gasteiger partial charge in [0.05, 0.1) is 26.1 Å². The first-order chi connectivity index (χ1) is 17.1. The third-order valence-electron chi connectivity index (χ3n) is 4.73. The molecule has 0 radical (unpaired) electrons. The molecule has 0 saturated carbocycles. The molecule has 1 aliphatic rings. The lowest BCUT2D eigenvalue weighted by Gasteiger charge is -2.20. The summed E-state index contributed by atoms with van der Waals surface area (Å²) in [6.45, 7) is -0.491. The van der Waals surface area contributed by atoms with E-state index in [0.29, 0.717) is 5.57 Å². The Kier molecular flexibility index (Phi) is 9.38. The van der Waals surface area contributed by atoms with E-state index in [-0.39, 0.29) is 23.6 Å². The van der Waals surface area contributed by atoms with Gasteiger partial charge in [-0.05, 0) is 12.5 Å². The van der Waals surface area contributed by atoms with Crippen molar-refractivity contribution in [2.75, 3.05) is 25.6 Å². The van der Waals surface area contributed by atoms with Crippen LogP contribution in [0, 0.1) is 0 Å². The summed E-state index contributed by atoms with van der Waals surface area (Å²) in [5.41, 5.74) is 6.39. The Balaban J connectivity index is 1.60. The number of nitrogens with zero attached hydrogens (tertiary/aromatic N) is 4. The predicted octanol–water partition coefficient (Wildman–Crippen LogP) is -0.666. The number of imidazole rings is 1. The van der Waals surface area contributed by atoms with Crippen molar-refractivity contribution < 1.29 is 66.1 Å². The lowest BCUT2D eigenvalue weighted by molar-refractivity contribution is -0.0503. The maximum Gasteiger partial charge on any atom is 0.490 e. The third kappa shape index (κ3) is 7.69. The van der Waals surface area contributed by atoms with Crippen LogP contribution in [0.2, 0.25) is 0 Å². The van der Waals surface area contributed by atoms with Crippen molar-refractivity contribution in [1.82, 2.24) is 19.5 Å². The highest BCUT2D eigenvalue weighted by molar-refractivity contribution is 7.66. The van der Waals surface area contributed by atoms with Gasteiger partial charge in [-0.2, -0.15) is 8.62 Å². The molecule has 0 aromatic carbocycles. The van der Waals surface area contributed by atoms with Gasteiger partial charge < -0.3 is 40.5 Å². The molecule has 208 valence electrons. The van der Waals surface area contributed by atoms with Crippen molar-refractivity contribution in [3.8, 4) is 0 Å². The van der Waals surface area contributed by atoms with E-state index in [1.807, 2.05) is 0 Å². The Labute approximate surface area is 207 Å². The molecule has 19 nitrogen and oxygen atoms in total. The normalized spacial score (nSPS) is 27.6. The number of phosphoric acid groups is 3. The van der Waals surface area contributed by atoms with Crippen LogP contribution in [-0.4, -0.2) is 87.7 Å². The quantitative estimate of drug-likeness (QED) is 0.119. The number of aromatic nitrogens is 4. The van der Waals surface area contributed by atoms with Crippen LogP contribution in [-0.2, 0) is 36.1 Å². The van der Waals surface area contributed by atoms with E-state index >= 15 is 0 Å². The van der Waals surface area contributed by atoms with Crippen LogP contribution in [0.5, 0.6) is 0 Å². The lowest BCUT2D eigenvalue weighted by Crippen LogP contribution is -2.33. The van der Waals surface area contributed by atoms with Gasteiger partial charge in [-0.15, -0.1) is 0 Å². The standard InChI is InChI=1S/C15H24N5O14P3/c1-8(4-21)2-3-30-35(24,25)33-37(28,29)34-36(26,27)31-5-9-11(22)12(23)15(32-9)20-7-19-10-13(16)17-6-18-14(10)20/h2,6-7,9,11-12,15,21-23H,3-5H2,1H3,(H,24,25)(H,26,27)(H,28,29)(H2,16,17,18)/b8-2+/t9-,11-,12-,15-/m1/s1. The number of anilines is 1. The number of ether oxygens (including phenoxy) is 1. The highest BCUT2D eigenvalue weighted by Crippen LogP contribution is 2.67. The first-order valence-electron chi connectivity index (χ1n) is 10.1. The molecule has 0 bridgehead atoms. The zero-order valence-electron chi connectivity index (χ0n) is 18.8. The molecule has 0 spiro atoms. The number of nitrogen functional groups attached to an aromatic ring is 1. The van der Waals surface area contributed by atoms with Crippen molar-refractivity contribution in [1.29, 1.82) is 0 Å². The average molecular weight is 591 g/mol. The SMILES string of the molecule is C/C(=C\COP(=O)(O)OP(=O)(O)OP(=O)(O)OC[C@H]1O[C@@H](n2cnc3c(N)ncnc32)[C@H](O)[C@@H]1O)CO. The van der Waals surface area contributed by atoms with Crippen LogP contribution in [0.3, 0.4) is 0 Å². The molecule has 3 rings (SSSR count). The molecule has 22 heteroatoms. The zero-order valence-corrected chi connectivity index (χ0v) is 21.5. The minimum Gasteiger partial charge on any atom is -0.392 e. The Morgan fingerprint density at radius 1 is 1.08 bits per heavy atom. The van der Waals surface area contributed by atoms with Crippen LogP contribution < -0.4 is 5.73 Å². The fourth-order valence-corrected chi connectivity index (χ4v) is 6.43. The molecule has 0 amide bonds. The van der Waals surface area contributed by atoms with Gasteiger partial charge in [-0.1, -0.05) is 6.08 Å². The van der Waals surface area contributed by atoms with Crippen LogP contribution >= 0.6 is 23.5 Å². The Hall–Kier alpha value is -1.66. The second kappa shape index (κ2) is 11.6. The van der Waals surface area contributed by atoms with Gasteiger partial charge in [-0.25, -0.2) is 28.6 Å². The van der Waals surface area contributed by atoms with E-state index in [4.69, 9.17) is 15.6 Å². The Morgan fingerprint density at radius 3 is 2.38 bits per heavy atom. The minimum atomic E-state index is -5.72. The Bertz CT molecular complexity index is 1290. The Morgan fingerprint density at radius 2 is 1.73 bits per heavy atom. The highest BCUT2D eigenvalue weighted by atomic mass is 31.3. The molecule has 0 aliphatic carbocycles. The van der Waals surface area contributed by atoms with E-state index in [9.17, 15) is 38.6 Å². The summed E-state index contributed by atoms with van der Waals surface area (Å²) in [5.74, 6) is 0.0419. The van der Waals surface area contributed by atoms with Crippen molar-refractivity contribution in [3.05, 3.63) is 24.3 Å². The number of rotatable bonds is 12. The van der Waals surface area contributed by atoms with E-state index in [2.05, 4.69) is 32.6 Å². The monoisotopic (exact) mass is 591 g/mol. The van der Waals surface area contributed by atoms with Crippen molar-refractivity contribution in [2.45, 2.75) is 31.5 Å². The van der Waals surface area contributed by atoms with E-state index in [1.54, 1.807) is 0 Å². The first-order valence-corrected chi connectivity index (χ1v) is 14.5.